The Labute approximate surface area is 115 Å². The molecule has 0 radical (unpaired) electrons. The van der Waals surface area contributed by atoms with Crippen molar-refractivity contribution in [2.24, 2.45) is 0 Å². The predicted octanol–water partition coefficient (Wildman–Crippen LogP) is 2.80. The quantitative estimate of drug-likeness (QED) is 0.498. The number of aromatic nitrogens is 3. The predicted molar refractivity (Wildman–Crippen MR) is 81.7 cm³/mol. The number of hydrogen-bond acceptors (Lipinski definition) is 2. The number of nitrogens with zero attached hydrogens (tertiary/aromatic N) is 3. The largest absolute Gasteiger partial charge is 0.273 e. The number of rotatable bonds is 1. The Morgan fingerprint density at radius 2 is 2.06 bits per heavy atom. The Morgan fingerprint density at radius 1 is 1.18 bits per heavy atom. The van der Waals surface area contributed by atoms with E-state index in [2.05, 4.69) is 54.3 Å². The van der Waals surface area contributed by atoms with Crippen LogP contribution in [0.1, 0.15) is 0 Å². The second-order valence-corrected chi connectivity index (χ2v) is 5.41. The van der Waals surface area contributed by atoms with E-state index in [-0.39, 0.29) is 0 Å². The van der Waals surface area contributed by atoms with Crippen LogP contribution >= 0.6 is 32.1 Å². The third kappa shape index (κ3) is 1.96. The molecule has 0 aliphatic heterocycles. The van der Waals surface area contributed by atoms with Crippen LogP contribution in [-0.2, 0) is 0 Å². The van der Waals surface area contributed by atoms with Gasteiger partial charge in [0.2, 0.25) is 0 Å². The van der Waals surface area contributed by atoms with Crippen molar-refractivity contribution < 1.29 is 0 Å². The lowest BCUT2D eigenvalue weighted by Gasteiger charge is -1.98. The van der Waals surface area contributed by atoms with Crippen LogP contribution < -0.4 is 5.30 Å². The van der Waals surface area contributed by atoms with E-state index in [0.29, 0.717) is 0 Å². The molecule has 0 aliphatic rings. The maximum Gasteiger partial charge on any atom is 0.149 e. The van der Waals surface area contributed by atoms with Gasteiger partial charge in [-0.2, -0.15) is 0 Å². The van der Waals surface area contributed by atoms with Crippen LogP contribution in [0.25, 0.3) is 22.3 Å². The Balaban J connectivity index is 2.27. The minimum Gasteiger partial charge on any atom is -0.273 e. The fourth-order valence-corrected chi connectivity index (χ4v) is 2.62. The summed E-state index contributed by atoms with van der Waals surface area (Å²) in [5.41, 5.74) is 3.07. The molecule has 1 unspecified atom stereocenters. The fourth-order valence-electron chi connectivity index (χ4n) is 1.79. The van der Waals surface area contributed by atoms with Gasteiger partial charge in [0, 0.05) is 29.5 Å². The summed E-state index contributed by atoms with van der Waals surface area (Å²) in [7, 11) is 2.64. The highest BCUT2D eigenvalue weighted by atomic mass is 127. The lowest BCUT2D eigenvalue weighted by atomic mass is 10.1. The molecule has 3 nitrogen and oxygen atoms in total. The molecule has 3 rings (SSSR count). The van der Waals surface area contributed by atoms with Crippen molar-refractivity contribution in [1.82, 2.24) is 12.7 Å². The van der Waals surface area contributed by atoms with E-state index in [4.69, 9.17) is 0 Å². The van der Waals surface area contributed by atoms with E-state index in [1.807, 2.05) is 27.2 Å². The van der Waals surface area contributed by atoms with Gasteiger partial charge in [0.15, 0.2) is 0 Å². The molecule has 0 aromatic carbocycles. The SMILES string of the molecule is Pc1ccc(-c2cn(I)c3ncccc23)nc1. The van der Waals surface area contributed by atoms with Crippen LogP contribution in [0.2, 0.25) is 0 Å². The summed E-state index contributed by atoms with van der Waals surface area (Å²) >= 11 is 2.23. The molecule has 3 heterocycles. The number of halogens is 1. The van der Waals surface area contributed by atoms with Gasteiger partial charge in [0.05, 0.1) is 28.6 Å². The van der Waals surface area contributed by atoms with Gasteiger partial charge in [-0.25, -0.2) is 4.98 Å². The van der Waals surface area contributed by atoms with E-state index in [0.717, 1.165) is 27.6 Å². The van der Waals surface area contributed by atoms with Crippen LogP contribution in [0.4, 0.5) is 0 Å². The number of fused-ring (bicyclic) bond motifs is 1. The van der Waals surface area contributed by atoms with Gasteiger partial charge in [-0.15, -0.1) is 9.24 Å². The third-order valence-electron chi connectivity index (χ3n) is 2.58. The van der Waals surface area contributed by atoms with Crippen LogP contribution in [0.15, 0.2) is 42.9 Å². The summed E-state index contributed by atoms with van der Waals surface area (Å²) < 4.78 is 2.00. The van der Waals surface area contributed by atoms with Crippen LogP contribution in [0, 0.1) is 0 Å². The minimum atomic E-state index is 0.972. The van der Waals surface area contributed by atoms with Gasteiger partial charge >= 0.3 is 0 Å². The first kappa shape index (κ1) is 11.1. The zero-order valence-electron chi connectivity index (χ0n) is 8.84. The molecule has 0 saturated carbocycles. The molecule has 0 N–H and O–H groups in total. The van der Waals surface area contributed by atoms with Crippen molar-refractivity contribution in [2.75, 3.05) is 0 Å². The molecule has 0 spiro atoms. The zero-order chi connectivity index (χ0) is 11.8. The molecule has 84 valence electrons. The van der Waals surface area contributed by atoms with E-state index >= 15 is 0 Å². The van der Waals surface area contributed by atoms with Crippen LogP contribution in [-0.4, -0.2) is 12.7 Å². The summed E-state index contributed by atoms with van der Waals surface area (Å²) in [4.78, 5) is 8.81. The van der Waals surface area contributed by atoms with Crippen molar-refractivity contribution in [1.29, 1.82) is 0 Å². The fraction of sp³-hybridized carbons (Fsp3) is 0. The van der Waals surface area contributed by atoms with E-state index in [1.165, 1.54) is 0 Å². The number of hydrogen-bond donors (Lipinski definition) is 0. The van der Waals surface area contributed by atoms with Gasteiger partial charge in [-0.1, -0.05) is 6.07 Å². The summed E-state index contributed by atoms with van der Waals surface area (Å²) in [5.74, 6) is 0. The molecule has 1 atom stereocenters. The van der Waals surface area contributed by atoms with Gasteiger partial charge in [-0.3, -0.25) is 7.76 Å². The maximum absolute atomic E-state index is 4.45. The first-order chi connectivity index (χ1) is 8.25. The lowest BCUT2D eigenvalue weighted by Crippen LogP contribution is -1.92. The van der Waals surface area contributed by atoms with Gasteiger partial charge < -0.3 is 0 Å². The average Bonchev–Trinajstić information content (AvgIpc) is 2.69. The van der Waals surface area contributed by atoms with Crippen molar-refractivity contribution in [3.63, 3.8) is 0 Å². The molecule has 0 amide bonds. The Kier molecular flexibility index (Phi) is 2.84. The summed E-state index contributed by atoms with van der Waals surface area (Å²) in [6.07, 6.45) is 5.72. The van der Waals surface area contributed by atoms with E-state index < -0.39 is 0 Å². The molecule has 0 fully saturated rings. The monoisotopic (exact) mass is 353 g/mol. The highest BCUT2D eigenvalue weighted by Crippen LogP contribution is 2.28. The van der Waals surface area contributed by atoms with Crippen molar-refractivity contribution in [3.8, 4) is 11.3 Å². The highest BCUT2D eigenvalue weighted by molar-refractivity contribution is 14.1. The van der Waals surface area contributed by atoms with Crippen LogP contribution in [0.3, 0.4) is 0 Å². The van der Waals surface area contributed by atoms with Crippen molar-refractivity contribution in [3.05, 3.63) is 42.9 Å². The molecule has 0 saturated heterocycles. The summed E-state index contributed by atoms with van der Waals surface area (Å²) in [5, 5.41) is 2.22. The van der Waals surface area contributed by atoms with Gasteiger partial charge in [0.25, 0.3) is 0 Å². The normalized spacial score (nSPS) is 10.9. The highest BCUT2D eigenvalue weighted by Gasteiger charge is 2.10. The third-order valence-corrected chi connectivity index (χ3v) is 3.66. The Hall–Kier alpha value is -1.00. The Morgan fingerprint density at radius 3 is 2.82 bits per heavy atom. The first-order valence-electron chi connectivity index (χ1n) is 5.10. The molecule has 17 heavy (non-hydrogen) atoms. The van der Waals surface area contributed by atoms with E-state index in [9.17, 15) is 0 Å². The molecule has 0 aliphatic carbocycles. The summed E-state index contributed by atoms with van der Waals surface area (Å²) in [6.45, 7) is 0. The number of pyridine rings is 2. The zero-order valence-corrected chi connectivity index (χ0v) is 12.2. The van der Waals surface area contributed by atoms with Crippen molar-refractivity contribution in [2.45, 2.75) is 0 Å². The van der Waals surface area contributed by atoms with Gasteiger partial charge in [0.1, 0.15) is 5.65 Å². The second kappa shape index (κ2) is 4.35. The first-order valence-corrected chi connectivity index (χ1v) is 6.64. The maximum atomic E-state index is 4.45. The summed E-state index contributed by atoms with van der Waals surface area (Å²) in [6, 6.07) is 8.09. The second-order valence-electron chi connectivity index (χ2n) is 3.71. The van der Waals surface area contributed by atoms with Gasteiger partial charge in [-0.05, 0) is 23.5 Å². The molecule has 5 heteroatoms. The smallest absolute Gasteiger partial charge is 0.149 e. The minimum absolute atomic E-state index is 0.972. The average molecular weight is 353 g/mol. The van der Waals surface area contributed by atoms with E-state index in [1.54, 1.807) is 6.20 Å². The van der Waals surface area contributed by atoms with Crippen LogP contribution in [0.5, 0.6) is 0 Å². The lowest BCUT2D eigenvalue weighted by molar-refractivity contribution is 1.30. The molecule has 3 aromatic heterocycles. The molecule has 0 bridgehead atoms. The molecular weight excluding hydrogens is 344 g/mol. The molecule has 3 aromatic rings. The van der Waals surface area contributed by atoms with Crippen molar-refractivity contribution >= 4 is 48.4 Å². The topological polar surface area (TPSA) is 30.7 Å². The Bertz CT molecular complexity index is 676. The molecular formula is C12H9IN3P. The standard InChI is InChI=1S/C12H9IN3P/c13-16-7-10(9-2-1-5-14-12(9)16)11-4-3-8(17)6-15-11/h1-7H,17H2.